The molecule has 8 heteroatoms. The van der Waals surface area contributed by atoms with E-state index in [1.807, 2.05) is 73.7 Å². The maximum absolute atomic E-state index is 12.6. The van der Waals surface area contributed by atoms with Crippen LogP contribution in [-0.4, -0.2) is 23.4 Å². The van der Waals surface area contributed by atoms with Gasteiger partial charge in [0.2, 0.25) is 11.8 Å². The Morgan fingerprint density at radius 2 is 1.67 bits per heavy atom. The van der Waals surface area contributed by atoms with Gasteiger partial charge in [0.1, 0.15) is 11.5 Å². The van der Waals surface area contributed by atoms with Crippen molar-refractivity contribution >= 4 is 45.7 Å². The molecule has 1 heterocycles. The van der Waals surface area contributed by atoms with Crippen LogP contribution in [-0.2, 0) is 9.59 Å². The highest BCUT2D eigenvalue weighted by Gasteiger charge is 2.17. The second-order valence-electron chi connectivity index (χ2n) is 7.57. The number of para-hydroxylation sites is 3. The van der Waals surface area contributed by atoms with Crippen LogP contribution in [0.5, 0.6) is 17.2 Å². The number of anilines is 3. The van der Waals surface area contributed by atoms with Crippen molar-refractivity contribution in [3.8, 4) is 17.2 Å². The maximum Gasteiger partial charge on any atom is 0.248 e. The number of ether oxygens (including phenoxy) is 2. The van der Waals surface area contributed by atoms with E-state index in [4.69, 9.17) is 9.47 Å². The second kappa shape index (κ2) is 11.8. The van der Waals surface area contributed by atoms with Gasteiger partial charge in [-0.15, -0.1) is 11.3 Å². The molecule has 0 fully saturated rings. The highest BCUT2D eigenvalue weighted by Crippen LogP contribution is 2.31. The topological polar surface area (TPSA) is 80.8 Å². The Hall–Kier alpha value is -4.43. The summed E-state index contributed by atoms with van der Waals surface area (Å²) in [5.74, 6) is 1.42. The molecule has 0 bridgehead atoms. The fourth-order valence-corrected chi connectivity index (χ4v) is 4.21. The molecule has 1 N–H and O–H groups in total. The van der Waals surface area contributed by atoms with Crippen LogP contribution in [0.4, 0.5) is 16.5 Å². The van der Waals surface area contributed by atoms with Crippen LogP contribution >= 0.6 is 11.3 Å². The predicted octanol–water partition coefficient (Wildman–Crippen LogP) is 6.67. The second-order valence-corrected chi connectivity index (χ2v) is 8.41. The molecule has 0 spiro atoms. The van der Waals surface area contributed by atoms with E-state index in [-0.39, 0.29) is 11.8 Å². The summed E-state index contributed by atoms with van der Waals surface area (Å²) in [5, 5.41) is 5.17. The number of hydrogen-bond acceptors (Lipinski definition) is 6. The van der Waals surface area contributed by atoms with E-state index >= 15 is 0 Å². The zero-order valence-electron chi connectivity index (χ0n) is 19.9. The Labute approximate surface area is 213 Å². The molecule has 182 valence electrons. The van der Waals surface area contributed by atoms with Crippen LogP contribution in [0.1, 0.15) is 19.5 Å². The Morgan fingerprint density at radius 3 is 2.39 bits per heavy atom. The zero-order valence-corrected chi connectivity index (χ0v) is 20.7. The third-order valence-electron chi connectivity index (χ3n) is 4.94. The van der Waals surface area contributed by atoms with E-state index in [2.05, 4.69) is 10.3 Å². The molecular weight excluding hydrogens is 474 g/mol. The van der Waals surface area contributed by atoms with E-state index in [0.717, 1.165) is 11.4 Å². The molecule has 0 aliphatic rings. The smallest absolute Gasteiger partial charge is 0.248 e. The highest BCUT2D eigenvalue weighted by molar-refractivity contribution is 7.14. The van der Waals surface area contributed by atoms with Crippen molar-refractivity contribution < 1.29 is 19.1 Å². The van der Waals surface area contributed by atoms with Crippen molar-refractivity contribution in [1.82, 2.24) is 4.98 Å². The molecule has 0 saturated carbocycles. The summed E-state index contributed by atoms with van der Waals surface area (Å²) >= 11 is 1.33. The Balaban J connectivity index is 1.43. The molecule has 1 aromatic heterocycles. The van der Waals surface area contributed by atoms with Crippen molar-refractivity contribution in [2.45, 2.75) is 13.8 Å². The van der Waals surface area contributed by atoms with Gasteiger partial charge in [-0.3, -0.25) is 14.5 Å². The third kappa shape index (κ3) is 6.37. The van der Waals surface area contributed by atoms with Gasteiger partial charge < -0.3 is 14.8 Å². The number of hydrogen-bond donors (Lipinski definition) is 1. The molecule has 0 atom stereocenters. The first-order valence-electron chi connectivity index (χ1n) is 11.3. The highest BCUT2D eigenvalue weighted by atomic mass is 32.1. The van der Waals surface area contributed by atoms with Gasteiger partial charge in [0, 0.05) is 18.4 Å². The van der Waals surface area contributed by atoms with Crippen molar-refractivity contribution in [1.29, 1.82) is 0 Å². The molecule has 7 nitrogen and oxygen atoms in total. The van der Waals surface area contributed by atoms with Crippen LogP contribution in [0, 0.1) is 0 Å². The number of aromatic nitrogens is 1. The van der Waals surface area contributed by atoms with Gasteiger partial charge in [0.25, 0.3) is 0 Å². The van der Waals surface area contributed by atoms with Crippen molar-refractivity contribution in [3.63, 3.8) is 0 Å². The number of thiazole rings is 1. The van der Waals surface area contributed by atoms with E-state index in [0.29, 0.717) is 34.6 Å². The van der Waals surface area contributed by atoms with Crippen molar-refractivity contribution in [3.05, 3.63) is 96.0 Å². The molecule has 0 radical (unpaired) electrons. The van der Waals surface area contributed by atoms with Gasteiger partial charge in [-0.05, 0) is 61.5 Å². The number of amides is 2. The molecular formula is C28H25N3O4S. The van der Waals surface area contributed by atoms with Gasteiger partial charge >= 0.3 is 0 Å². The van der Waals surface area contributed by atoms with Crippen LogP contribution in [0.15, 0.2) is 90.3 Å². The zero-order chi connectivity index (χ0) is 25.3. The van der Waals surface area contributed by atoms with Gasteiger partial charge in [0.05, 0.1) is 23.7 Å². The third-order valence-corrected chi connectivity index (χ3v) is 5.79. The first-order chi connectivity index (χ1) is 17.5. The van der Waals surface area contributed by atoms with Crippen LogP contribution < -0.4 is 19.7 Å². The van der Waals surface area contributed by atoms with E-state index in [1.54, 1.807) is 23.6 Å². The number of nitrogens with zero attached hydrogens (tertiary/aromatic N) is 2. The van der Waals surface area contributed by atoms with Crippen LogP contribution in [0.3, 0.4) is 0 Å². The number of carbonyl (C=O) groups is 2. The number of benzene rings is 3. The standard InChI is InChI=1S/C28H25N3O4S/c1-3-34-23-14-16-24(17-15-23)35-26-12-8-7-11-25(26)30-27(33)18-13-21-19-36-28(29-21)31(20(2)32)22-9-5-4-6-10-22/h4-19H,3H2,1-2H3,(H,30,33)/b18-13+. The Bertz CT molecular complexity index is 1350. The first kappa shape index (κ1) is 24.7. The minimum Gasteiger partial charge on any atom is -0.494 e. The fraction of sp³-hybridized carbons (Fsp3) is 0.107. The molecule has 36 heavy (non-hydrogen) atoms. The SMILES string of the molecule is CCOc1ccc(Oc2ccccc2NC(=O)/C=C/c2csc(N(C(C)=O)c3ccccc3)n2)cc1. The minimum absolute atomic E-state index is 0.145. The van der Waals surface area contributed by atoms with Gasteiger partial charge in [-0.25, -0.2) is 4.98 Å². The van der Waals surface area contributed by atoms with Crippen LogP contribution in [0.25, 0.3) is 6.08 Å². The normalized spacial score (nSPS) is 10.7. The van der Waals surface area contributed by atoms with Gasteiger partial charge in [0.15, 0.2) is 10.9 Å². The first-order valence-corrected chi connectivity index (χ1v) is 12.2. The van der Waals surface area contributed by atoms with Gasteiger partial charge in [-0.2, -0.15) is 0 Å². The molecule has 4 aromatic rings. The lowest BCUT2D eigenvalue weighted by atomic mass is 10.2. The fourth-order valence-electron chi connectivity index (χ4n) is 3.35. The Kier molecular flexibility index (Phi) is 8.10. The molecule has 0 unspecified atom stereocenters. The summed E-state index contributed by atoms with van der Waals surface area (Å²) in [5.41, 5.74) is 1.84. The summed E-state index contributed by atoms with van der Waals surface area (Å²) in [6.45, 7) is 4.01. The Morgan fingerprint density at radius 1 is 0.972 bits per heavy atom. The maximum atomic E-state index is 12.6. The summed E-state index contributed by atoms with van der Waals surface area (Å²) in [6, 6.07) is 23.8. The summed E-state index contributed by atoms with van der Waals surface area (Å²) < 4.78 is 11.4. The lowest BCUT2D eigenvalue weighted by Gasteiger charge is -2.17. The quantitative estimate of drug-likeness (QED) is 0.260. The largest absolute Gasteiger partial charge is 0.494 e. The number of carbonyl (C=O) groups excluding carboxylic acids is 2. The van der Waals surface area contributed by atoms with E-state index in [9.17, 15) is 9.59 Å². The molecule has 2 amide bonds. The molecule has 4 rings (SSSR count). The van der Waals surface area contributed by atoms with Crippen molar-refractivity contribution in [2.24, 2.45) is 0 Å². The summed E-state index contributed by atoms with van der Waals surface area (Å²) in [7, 11) is 0. The molecule has 0 saturated heterocycles. The van der Waals surface area contributed by atoms with Crippen molar-refractivity contribution in [2.75, 3.05) is 16.8 Å². The lowest BCUT2D eigenvalue weighted by molar-refractivity contribution is -0.116. The number of nitrogens with one attached hydrogen (secondary N) is 1. The minimum atomic E-state index is -0.334. The monoisotopic (exact) mass is 499 g/mol. The van der Waals surface area contributed by atoms with E-state index < -0.39 is 0 Å². The predicted molar refractivity (Wildman–Crippen MR) is 143 cm³/mol. The average Bonchev–Trinajstić information content (AvgIpc) is 3.34. The molecule has 3 aromatic carbocycles. The lowest BCUT2D eigenvalue weighted by Crippen LogP contribution is -2.22. The van der Waals surface area contributed by atoms with Gasteiger partial charge in [-0.1, -0.05) is 30.3 Å². The molecule has 0 aliphatic heterocycles. The molecule has 0 aliphatic carbocycles. The average molecular weight is 500 g/mol. The van der Waals surface area contributed by atoms with E-state index in [1.165, 1.54) is 29.2 Å². The summed E-state index contributed by atoms with van der Waals surface area (Å²) in [4.78, 5) is 30.9. The summed E-state index contributed by atoms with van der Waals surface area (Å²) in [6.07, 6.45) is 3.00. The van der Waals surface area contributed by atoms with Crippen LogP contribution in [0.2, 0.25) is 0 Å². The number of rotatable bonds is 9.